The number of methoxy groups -OCH3 is 1. The maximum atomic E-state index is 12.4. The van der Waals surface area contributed by atoms with Crippen molar-refractivity contribution < 1.29 is 9.53 Å². The molecule has 0 aliphatic heterocycles. The monoisotopic (exact) mass is 304 g/mol. The van der Waals surface area contributed by atoms with E-state index in [1.807, 2.05) is 25.1 Å². The van der Waals surface area contributed by atoms with Gasteiger partial charge in [0.05, 0.1) is 11.3 Å². The Hall–Kier alpha value is -1.59. The summed E-state index contributed by atoms with van der Waals surface area (Å²) in [6.07, 6.45) is 3.17. The summed E-state index contributed by atoms with van der Waals surface area (Å²) in [6.45, 7) is 2.57. The molecule has 1 fully saturated rings. The zero-order valence-corrected chi connectivity index (χ0v) is 13.2. The minimum absolute atomic E-state index is 0.102. The van der Waals surface area contributed by atoms with Gasteiger partial charge in [-0.15, -0.1) is 11.3 Å². The largest absolute Gasteiger partial charge is 0.397 e. The molecule has 0 unspecified atom stereocenters. The molecule has 1 aromatic carbocycles. The number of carbonyl (C=O) groups is 1. The first-order chi connectivity index (χ1) is 10.0. The molecule has 1 aliphatic rings. The molecule has 1 heterocycles. The van der Waals surface area contributed by atoms with Gasteiger partial charge in [-0.3, -0.25) is 4.79 Å². The molecule has 5 heteroatoms. The summed E-state index contributed by atoms with van der Waals surface area (Å²) in [7, 11) is 1.71. The molecule has 1 amide bonds. The van der Waals surface area contributed by atoms with Crippen LogP contribution in [0.2, 0.25) is 0 Å². The first-order valence-electron chi connectivity index (χ1n) is 7.17. The van der Waals surface area contributed by atoms with E-state index in [4.69, 9.17) is 10.5 Å². The molecule has 0 bridgehead atoms. The van der Waals surface area contributed by atoms with E-state index in [1.165, 1.54) is 11.3 Å². The number of thiophene rings is 1. The Morgan fingerprint density at radius 2 is 2.24 bits per heavy atom. The van der Waals surface area contributed by atoms with Crippen LogP contribution in [0.1, 0.15) is 34.5 Å². The van der Waals surface area contributed by atoms with Crippen LogP contribution >= 0.6 is 11.3 Å². The van der Waals surface area contributed by atoms with Crippen molar-refractivity contribution in [2.24, 2.45) is 0 Å². The van der Waals surface area contributed by atoms with Crippen molar-refractivity contribution in [3.8, 4) is 0 Å². The number of benzene rings is 1. The number of carbonyl (C=O) groups excluding carboxylic acids is 1. The van der Waals surface area contributed by atoms with Crippen LogP contribution in [-0.2, 0) is 4.74 Å². The van der Waals surface area contributed by atoms with Gasteiger partial charge >= 0.3 is 0 Å². The summed E-state index contributed by atoms with van der Waals surface area (Å²) in [5.74, 6) is -0.102. The van der Waals surface area contributed by atoms with Gasteiger partial charge in [-0.2, -0.15) is 0 Å². The smallest absolute Gasteiger partial charge is 0.263 e. The molecule has 0 saturated heterocycles. The van der Waals surface area contributed by atoms with Crippen LogP contribution < -0.4 is 11.1 Å². The molecule has 1 aromatic heterocycles. The standard InChI is InChI=1S/C16H20N2O2S/c1-10-4-5-12-11(8-10)13(17)14(21-12)15(19)18-9-16(20-2)6-3-7-16/h4-5,8H,3,6-7,9,17H2,1-2H3,(H,18,19). The summed E-state index contributed by atoms with van der Waals surface area (Å²) >= 11 is 1.45. The third-order valence-corrected chi connectivity index (χ3v) is 5.54. The van der Waals surface area contributed by atoms with E-state index in [0.717, 1.165) is 34.9 Å². The lowest BCUT2D eigenvalue weighted by Gasteiger charge is -2.40. The lowest BCUT2D eigenvalue weighted by molar-refractivity contribution is -0.0679. The second kappa shape index (κ2) is 5.31. The van der Waals surface area contributed by atoms with Crippen molar-refractivity contribution >= 4 is 33.0 Å². The molecule has 0 spiro atoms. The molecule has 1 saturated carbocycles. The molecule has 3 rings (SSSR count). The number of ether oxygens (including phenoxy) is 1. The summed E-state index contributed by atoms with van der Waals surface area (Å²) in [4.78, 5) is 13.0. The maximum absolute atomic E-state index is 12.4. The molecule has 1 aliphatic carbocycles. The molecular formula is C16H20N2O2S. The van der Waals surface area contributed by atoms with Crippen molar-refractivity contribution in [2.75, 3.05) is 19.4 Å². The molecule has 2 aromatic rings. The summed E-state index contributed by atoms with van der Waals surface area (Å²) in [5.41, 5.74) is 7.70. The van der Waals surface area contributed by atoms with Crippen LogP contribution in [0.3, 0.4) is 0 Å². The molecule has 21 heavy (non-hydrogen) atoms. The number of hydrogen-bond acceptors (Lipinski definition) is 4. The van der Waals surface area contributed by atoms with Gasteiger partial charge in [0, 0.05) is 23.7 Å². The number of nitrogen functional groups attached to an aromatic ring is 1. The van der Waals surface area contributed by atoms with Crippen LogP contribution in [0.5, 0.6) is 0 Å². The lowest BCUT2D eigenvalue weighted by atomic mass is 9.80. The van der Waals surface area contributed by atoms with Gasteiger partial charge in [-0.25, -0.2) is 0 Å². The van der Waals surface area contributed by atoms with Crippen molar-refractivity contribution in [1.82, 2.24) is 5.32 Å². The molecule has 4 nitrogen and oxygen atoms in total. The summed E-state index contributed by atoms with van der Waals surface area (Å²) < 4.78 is 6.57. The van der Waals surface area contributed by atoms with Gasteiger partial charge in [0.15, 0.2) is 0 Å². The van der Waals surface area contributed by atoms with Gasteiger partial charge in [0.25, 0.3) is 5.91 Å². The van der Waals surface area contributed by atoms with Gasteiger partial charge in [0.2, 0.25) is 0 Å². The Balaban J connectivity index is 1.80. The van der Waals surface area contributed by atoms with Crippen molar-refractivity contribution in [2.45, 2.75) is 31.8 Å². The van der Waals surface area contributed by atoms with Gasteiger partial charge < -0.3 is 15.8 Å². The number of nitrogens with two attached hydrogens (primary N) is 1. The zero-order valence-electron chi connectivity index (χ0n) is 12.4. The van der Waals surface area contributed by atoms with Gasteiger partial charge in [-0.1, -0.05) is 11.6 Å². The Bertz CT molecular complexity index is 683. The average molecular weight is 304 g/mol. The van der Waals surface area contributed by atoms with Gasteiger partial charge in [-0.05, 0) is 38.3 Å². The fraction of sp³-hybridized carbons (Fsp3) is 0.438. The number of hydrogen-bond donors (Lipinski definition) is 2. The highest BCUT2D eigenvalue weighted by Crippen LogP contribution is 2.36. The van der Waals surface area contributed by atoms with Crippen molar-refractivity contribution in [3.63, 3.8) is 0 Å². The minimum atomic E-state index is -0.169. The Labute approximate surface area is 128 Å². The number of rotatable bonds is 4. The van der Waals surface area contributed by atoms with E-state index >= 15 is 0 Å². The van der Waals surface area contributed by atoms with Crippen molar-refractivity contribution in [1.29, 1.82) is 0 Å². The quantitative estimate of drug-likeness (QED) is 0.912. The maximum Gasteiger partial charge on any atom is 0.263 e. The third-order valence-electron chi connectivity index (χ3n) is 4.36. The predicted octanol–water partition coefficient (Wildman–Crippen LogP) is 3.09. The third kappa shape index (κ3) is 2.51. The fourth-order valence-electron chi connectivity index (χ4n) is 2.75. The number of anilines is 1. The van der Waals surface area contributed by atoms with Crippen LogP contribution in [-0.4, -0.2) is 25.2 Å². The number of fused-ring (bicyclic) bond motifs is 1. The Morgan fingerprint density at radius 3 is 2.86 bits per heavy atom. The topological polar surface area (TPSA) is 64.3 Å². The zero-order chi connectivity index (χ0) is 15.0. The van der Waals surface area contributed by atoms with Crippen LogP contribution in [0.15, 0.2) is 18.2 Å². The van der Waals surface area contributed by atoms with E-state index in [0.29, 0.717) is 17.1 Å². The summed E-state index contributed by atoms with van der Waals surface area (Å²) in [5, 5.41) is 3.94. The second-order valence-electron chi connectivity index (χ2n) is 5.77. The van der Waals surface area contributed by atoms with E-state index in [1.54, 1.807) is 7.11 Å². The molecule has 0 radical (unpaired) electrons. The normalized spacial score (nSPS) is 16.7. The van der Waals surface area contributed by atoms with Crippen LogP contribution in [0.4, 0.5) is 5.69 Å². The molecule has 3 N–H and O–H groups in total. The molecule has 112 valence electrons. The highest BCUT2D eigenvalue weighted by atomic mass is 32.1. The minimum Gasteiger partial charge on any atom is -0.397 e. The van der Waals surface area contributed by atoms with Crippen molar-refractivity contribution in [3.05, 3.63) is 28.6 Å². The molecular weight excluding hydrogens is 284 g/mol. The average Bonchev–Trinajstić information content (AvgIpc) is 2.75. The Morgan fingerprint density at radius 1 is 1.48 bits per heavy atom. The lowest BCUT2D eigenvalue weighted by Crippen LogP contribution is -2.49. The first kappa shape index (κ1) is 14.4. The van der Waals surface area contributed by atoms with E-state index in [-0.39, 0.29) is 11.5 Å². The number of aryl methyl sites for hydroxylation is 1. The van der Waals surface area contributed by atoms with Crippen LogP contribution in [0.25, 0.3) is 10.1 Å². The van der Waals surface area contributed by atoms with E-state index < -0.39 is 0 Å². The highest BCUT2D eigenvalue weighted by molar-refractivity contribution is 7.21. The Kier molecular flexibility index (Phi) is 3.63. The SMILES string of the molecule is COC1(CNC(=O)c2sc3ccc(C)cc3c2N)CCC1. The second-order valence-corrected chi connectivity index (χ2v) is 6.82. The predicted molar refractivity (Wildman–Crippen MR) is 86.9 cm³/mol. The van der Waals surface area contributed by atoms with Crippen LogP contribution in [0, 0.1) is 6.92 Å². The van der Waals surface area contributed by atoms with E-state index in [2.05, 4.69) is 5.32 Å². The molecule has 0 atom stereocenters. The first-order valence-corrected chi connectivity index (χ1v) is 7.98. The fourth-order valence-corrected chi connectivity index (χ4v) is 3.76. The van der Waals surface area contributed by atoms with E-state index in [9.17, 15) is 4.79 Å². The summed E-state index contributed by atoms with van der Waals surface area (Å²) in [6, 6.07) is 6.08. The highest BCUT2D eigenvalue weighted by Gasteiger charge is 2.37. The van der Waals surface area contributed by atoms with Gasteiger partial charge in [0.1, 0.15) is 4.88 Å². The number of amides is 1. The number of nitrogens with one attached hydrogen (secondary N) is 1.